The summed E-state index contributed by atoms with van der Waals surface area (Å²) in [5, 5.41) is 0. The Hall–Kier alpha value is -0.670. The summed E-state index contributed by atoms with van der Waals surface area (Å²) in [4.78, 5) is 0.505. The molecule has 0 spiro atoms. The largest absolute Gasteiger partial charge is 0.302 e. The summed E-state index contributed by atoms with van der Waals surface area (Å²) in [5.41, 5.74) is 1.94. The summed E-state index contributed by atoms with van der Waals surface area (Å²) in [6, 6.07) is 5.37. The van der Waals surface area contributed by atoms with Crippen molar-refractivity contribution in [3.05, 3.63) is 29.3 Å². The second-order valence-electron chi connectivity index (χ2n) is 2.45. The third kappa shape index (κ3) is 1.67. The van der Waals surface area contributed by atoms with Gasteiger partial charge in [-0.3, -0.25) is 0 Å². The van der Waals surface area contributed by atoms with E-state index in [2.05, 4.69) is 0 Å². The molecule has 1 aromatic rings. The van der Waals surface area contributed by atoms with Gasteiger partial charge in [0.2, 0.25) is 0 Å². The Morgan fingerprint density at radius 1 is 1.36 bits per heavy atom. The van der Waals surface area contributed by atoms with Crippen molar-refractivity contribution in [1.29, 1.82) is 0 Å². The molecule has 0 fully saturated rings. The zero-order valence-corrected chi connectivity index (χ0v) is 7.31. The highest BCUT2D eigenvalue weighted by atomic mass is 32.2. The van der Waals surface area contributed by atoms with Crippen LogP contribution in [0.25, 0.3) is 0 Å². The molecule has 0 saturated carbocycles. The summed E-state index contributed by atoms with van der Waals surface area (Å²) >= 11 is -1.85. The van der Waals surface area contributed by atoms with Crippen molar-refractivity contribution in [2.24, 2.45) is 0 Å². The third-order valence-electron chi connectivity index (χ3n) is 1.74. The van der Waals surface area contributed by atoms with E-state index in [1.165, 1.54) is 0 Å². The third-order valence-corrected chi connectivity index (χ3v) is 2.56. The molecule has 0 amide bonds. The molecule has 0 radical (unpaired) electrons. The molecule has 2 nitrogen and oxygen atoms in total. The van der Waals surface area contributed by atoms with Crippen LogP contribution in [0.1, 0.15) is 11.1 Å². The van der Waals surface area contributed by atoms with Crippen molar-refractivity contribution in [2.45, 2.75) is 18.7 Å². The van der Waals surface area contributed by atoms with Crippen molar-refractivity contribution in [2.75, 3.05) is 0 Å². The summed E-state index contributed by atoms with van der Waals surface area (Å²) in [7, 11) is 0. The predicted molar refractivity (Wildman–Crippen MR) is 45.0 cm³/mol. The van der Waals surface area contributed by atoms with E-state index in [1.54, 1.807) is 12.1 Å². The number of hydrogen-bond acceptors (Lipinski definition) is 1. The fraction of sp³-hybridized carbons (Fsp3) is 0.250. The smallest absolute Gasteiger partial charge is 0.186 e. The number of rotatable bonds is 1. The molecule has 1 atom stereocenters. The minimum absolute atomic E-state index is 0.505. The first-order valence-corrected chi connectivity index (χ1v) is 4.40. The van der Waals surface area contributed by atoms with Gasteiger partial charge in [-0.05, 0) is 31.0 Å². The maximum atomic E-state index is 10.7. The molecule has 1 rings (SSSR count). The highest BCUT2D eigenvalue weighted by Crippen LogP contribution is 2.14. The molecule has 0 bridgehead atoms. The highest BCUT2D eigenvalue weighted by molar-refractivity contribution is 7.79. The molecule has 3 heteroatoms. The van der Waals surface area contributed by atoms with Gasteiger partial charge >= 0.3 is 0 Å². The molecule has 0 saturated heterocycles. The summed E-state index contributed by atoms with van der Waals surface area (Å²) in [5.74, 6) is 0. The normalized spacial score (nSPS) is 13.0. The standard InChI is InChI=1S/C8H10O2S/c1-6-4-3-5-8(7(6)2)11(9)10/h3-5H,1-2H3,(H,9,10). The number of aryl methyl sites for hydroxylation is 1. The highest BCUT2D eigenvalue weighted by Gasteiger charge is 2.04. The lowest BCUT2D eigenvalue weighted by atomic mass is 10.1. The predicted octanol–water partition coefficient (Wildman–Crippen LogP) is 1.88. The number of benzene rings is 1. The van der Waals surface area contributed by atoms with Crippen molar-refractivity contribution >= 4 is 11.1 Å². The van der Waals surface area contributed by atoms with E-state index in [-0.39, 0.29) is 0 Å². The minimum atomic E-state index is -1.85. The van der Waals surface area contributed by atoms with Gasteiger partial charge in [0.05, 0.1) is 4.90 Å². The average Bonchev–Trinajstić information content (AvgIpc) is 1.94. The zero-order valence-electron chi connectivity index (χ0n) is 6.50. The van der Waals surface area contributed by atoms with Gasteiger partial charge < -0.3 is 4.55 Å². The van der Waals surface area contributed by atoms with Crippen LogP contribution < -0.4 is 0 Å². The fourth-order valence-corrected chi connectivity index (χ4v) is 1.53. The van der Waals surface area contributed by atoms with E-state index in [4.69, 9.17) is 4.55 Å². The van der Waals surface area contributed by atoms with Gasteiger partial charge in [-0.25, -0.2) is 4.21 Å². The van der Waals surface area contributed by atoms with E-state index in [1.807, 2.05) is 19.9 Å². The molecule has 1 N–H and O–H groups in total. The van der Waals surface area contributed by atoms with Crippen molar-refractivity contribution < 1.29 is 8.76 Å². The molecule has 0 aliphatic carbocycles. The van der Waals surface area contributed by atoms with Crippen LogP contribution >= 0.6 is 0 Å². The van der Waals surface area contributed by atoms with Gasteiger partial charge in [0.15, 0.2) is 11.1 Å². The lowest BCUT2D eigenvalue weighted by Crippen LogP contribution is -1.93. The van der Waals surface area contributed by atoms with E-state index < -0.39 is 11.1 Å². The SMILES string of the molecule is Cc1cccc(S(=O)O)c1C. The quantitative estimate of drug-likeness (QED) is 0.653. The second-order valence-corrected chi connectivity index (χ2v) is 3.39. The second kappa shape index (κ2) is 3.15. The molecule has 0 heterocycles. The van der Waals surface area contributed by atoms with E-state index in [0.29, 0.717) is 4.90 Å². The van der Waals surface area contributed by atoms with E-state index >= 15 is 0 Å². The van der Waals surface area contributed by atoms with Crippen LogP contribution in [0.2, 0.25) is 0 Å². The van der Waals surface area contributed by atoms with Gasteiger partial charge in [-0.15, -0.1) is 0 Å². The van der Waals surface area contributed by atoms with Gasteiger partial charge in [-0.1, -0.05) is 12.1 Å². The van der Waals surface area contributed by atoms with Crippen LogP contribution in [0.15, 0.2) is 23.1 Å². The molecule has 0 aliphatic heterocycles. The Morgan fingerprint density at radius 3 is 2.45 bits per heavy atom. The first-order chi connectivity index (χ1) is 5.13. The van der Waals surface area contributed by atoms with Crippen LogP contribution in [0.4, 0.5) is 0 Å². The number of hydrogen-bond donors (Lipinski definition) is 1. The monoisotopic (exact) mass is 170 g/mol. The lowest BCUT2D eigenvalue weighted by molar-refractivity contribution is 0.563. The summed E-state index contributed by atoms with van der Waals surface area (Å²) in [6.45, 7) is 3.77. The molecular weight excluding hydrogens is 160 g/mol. The minimum Gasteiger partial charge on any atom is -0.302 e. The lowest BCUT2D eigenvalue weighted by Gasteiger charge is -2.02. The summed E-state index contributed by atoms with van der Waals surface area (Å²) < 4.78 is 19.5. The first-order valence-electron chi connectivity index (χ1n) is 3.30. The van der Waals surface area contributed by atoms with Gasteiger partial charge in [-0.2, -0.15) is 0 Å². The van der Waals surface area contributed by atoms with Crippen LogP contribution in [0, 0.1) is 13.8 Å². The summed E-state index contributed by atoms with van der Waals surface area (Å²) in [6.07, 6.45) is 0. The maximum absolute atomic E-state index is 10.7. The molecule has 11 heavy (non-hydrogen) atoms. The van der Waals surface area contributed by atoms with Crippen molar-refractivity contribution in [3.8, 4) is 0 Å². The Bertz CT molecular complexity index is 294. The fourth-order valence-electron chi connectivity index (χ4n) is 0.913. The Labute approximate surface area is 68.5 Å². The molecule has 60 valence electrons. The average molecular weight is 170 g/mol. The van der Waals surface area contributed by atoms with Crippen LogP contribution in [-0.2, 0) is 11.1 Å². The Kier molecular flexibility index (Phi) is 2.42. The molecule has 0 aromatic heterocycles. The Balaban J connectivity index is 3.27. The van der Waals surface area contributed by atoms with E-state index in [9.17, 15) is 4.21 Å². The van der Waals surface area contributed by atoms with Gasteiger partial charge in [0, 0.05) is 0 Å². The van der Waals surface area contributed by atoms with E-state index in [0.717, 1.165) is 11.1 Å². The maximum Gasteiger partial charge on any atom is 0.186 e. The van der Waals surface area contributed by atoms with Gasteiger partial charge in [0.25, 0.3) is 0 Å². The molecular formula is C8H10O2S. The van der Waals surface area contributed by atoms with Crippen LogP contribution in [0.3, 0.4) is 0 Å². The van der Waals surface area contributed by atoms with Crippen molar-refractivity contribution in [1.82, 2.24) is 0 Å². The first kappa shape index (κ1) is 8.43. The van der Waals surface area contributed by atoms with Crippen LogP contribution in [0.5, 0.6) is 0 Å². The molecule has 0 aliphatic rings. The Morgan fingerprint density at radius 2 is 2.00 bits per heavy atom. The topological polar surface area (TPSA) is 37.3 Å². The molecule has 1 unspecified atom stereocenters. The van der Waals surface area contributed by atoms with Crippen LogP contribution in [-0.4, -0.2) is 8.76 Å². The van der Waals surface area contributed by atoms with Gasteiger partial charge in [0.1, 0.15) is 0 Å². The molecule has 1 aromatic carbocycles. The zero-order chi connectivity index (χ0) is 8.43. The van der Waals surface area contributed by atoms with Crippen molar-refractivity contribution in [3.63, 3.8) is 0 Å².